The van der Waals surface area contributed by atoms with Crippen molar-refractivity contribution in [2.45, 2.75) is 32.7 Å². The van der Waals surface area contributed by atoms with Gasteiger partial charge in [0.05, 0.1) is 11.2 Å². The van der Waals surface area contributed by atoms with Crippen LogP contribution in [0.2, 0.25) is 5.02 Å². The maximum atomic E-state index is 6.17. The molecule has 1 atom stereocenters. The molecule has 1 unspecified atom stereocenters. The molecule has 5 nitrogen and oxygen atoms in total. The van der Waals surface area contributed by atoms with Crippen LogP contribution in [0.5, 0.6) is 0 Å². The van der Waals surface area contributed by atoms with Gasteiger partial charge in [-0.1, -0.05) is 42.8 Å². The average Bonchev–Trinajstić information content (AvgIpc) is 3.08. The van der Waals surface area contributed by atoms with Gasteiger partial charge in [0.25, 0.3) is 0 Å². The Morgan fingerprint density at radius 3 is 2.62 bits per heavy atom. The molecule has 6 heteroatoms. The van der Waals surface area contributed by atoms with Gasteiger partial charge in [0, 0.05) is 10.7 Å². The lowest BCUT2D eigenvalue weighted by Gasteiger charge is -2.29. The van der Waals surface area contributed by atoms with Crippen LogP contribution in [0.15, 0.2) is 48.5 Å². The van der Waals surface area contributed by atoms with Crippen molar-refractivity contribution in [2.24, 2.45) is 0 Å². The van der Waals surface area contributed by atoms with Crippen molar-refractivity contribution in [3.05, 3.63) is 64.9 Å². The molecular weight excluding hydrogens is 322 g/mol. The first-order valence-electron chi connectivity index (χ1n) is 7.92. The lowest BCUT2D eigenvalue weighted by molar-refractivity contribution is 0.474. The van der Waals surface area contributed by atoms with E-state index in [0.29, 0.717) is 5.02 Å². The number of aromatic nitrogens is 4. The summed E-state index contributed by atoms with van der Waals surface area (Å²) in [6.45, 7) is 6.23. The zero-order chi connectivity index (χ0) is 17.2. The second-order valence-corrected chi connectivity index (χ2v) is 6.46. The molecule has 0 aliphatic heterocycles. The van der Waals surface area contributed by atoms with Gasteiger partial charge in [-0.05, 0) is 60.5 Å². The number of halogens is 1. The third-order valence-electron chi connectivity index (χ3n) is 4.26. The summed E-state index contributed by atoms with van der Waals surface area (Å²) >= 11 is 6.17. The van der Waals surface area contributed by atoms with Gasteiger partial charge in [-0.2, -0.15) is 4.68 Å². The first-order chi connectivity index (χ1) is 11.5. The molecule has 0 amide bonds. The van der Waals surface area contributed by atoms with Crippen LogP contribution in [0.25, 0.3) is 5.69 Å². The SMILES string of the molecule is CCC(C)(Nc1ccccc1)c1nnnn1-c1cc(Cl)ccc1C. The first-order valence-corrected chi connectivity index (χ1v) is 8.30. The first kappa shape index (κ1) is 16.5. The van der Waals surface area contributed by atoms with Gasteiger partial charge < -0.3 is 5.32 Å². The Bertz CT molecular complexity index is 830. The summed E-state index contributed by atoms with van der Waals surface area (Å²) in [4.78, 5) is 0. The highest BCUT2D eigenvalue weighted by molar-refractivity contribution is 6.30. The summed E-state index contributed by atoms with van der Waals surface area (Å²) in [5.74, 6) is 0.749. The number of anilines is 1. The van der Waals surface area contributed by atoms with E-state index in [1.165, 1.54) is 0 Å². The van der Waals surface area contributed by atoms with Gasteiger partial charge in [-0.3, -0.25) is 0 Å². The zero-order valence-electron chi connectivity index (χ0n) is 14.0. The Morgan fingerprint density at radius 1 is 1.17 bits per heavy atom. The number of rotatable bonds is 5. The number of hydrogen-bond acceptors (Lipinski definition) is 4. The largest absolute Gasteiger partial charge is 0.373 e. The highest BCUT2D eigenvalue weighted by atomic mass is 35.5. The van der Waals surface area contributed by atoms with Crippen LogP contribution in [0.3, 0.4) is 0 Å². The van der Waals surface area contributed by atoms with Gasteiger partial charge in [0.1, 0.15) is 0 Å². The van der Waals surface area contributed by atoms with Gasteiger partial charge >= 0.3 is 0 Å². The van der Waals surface area contributed by atoms with E-state index in [1.807, 2.05) is 55.5 Å². The standard InChI is InChI=1S/C18H20ClN5/c1-4-18(3,20-15-8-6-5-7-9-15)17-21-22-23-24(17)16-12-14(19)11-10-13(16)2/h5-12,20H,4H2,1-3H3. The van der Waals surface area contributed by atoms with Crippen molar-refractivity contribution in [3.8, 4) is 5.69 Å². The average molecular weight is 342 g/mol. The van der Waals surface area contributed by atoms with Crippen LogP contribution in [0, 0.1) is 6.92 Å². The molecule has 3 aromatic rings. The minimum Gasteiger partial charge on any atom is -0.373 e. The molecule has 2 aromatic carbocycles. The van der Waals surface area contributed by atoms with Crippen LogP contribution in [0.1, 0.15) is 31.7 Å². The van der Waals surface area contributed by atoms with Crippen molar-refractivity contribution in [3.63, 3.8) is 0 Å². The molecular formula is C18H20ClN5. The fraction of sp³-hybridized carbons (Fsp3) is 0.278. The van der Waals surface area contributed by atoms with E-state index in [-0.39, 0.29) is 0 Å². The predicted octanol–water partition coefficient (Wildman–Crippen LogP) is 4.36. The molecule has 1 N–H and O–H groups in total. The number of nitrogens with zero attached hydrogens (tertiary/aromatic N) is 4. The van der Waals surface area contributed by atoms with Crippen molar-refractivity contribution in [1.82, 2.24) is 20.2 Å². The van der Waals surface area contributed by atoms with Crippen molar-refractivity contribution in [2.75, 3.05) is 5.32 Å². The van der Waals surface area contributed by atoms with E-state index in [1.54, 1.807) is 4.68 Å². The molecule has 0 fully saturated rings. The smallest absolute Gasteiger partial charge is 0.181 e. The Balaban J connectivity index is 2.05. The molecule has 0 radical (unpaired) electrons. The van der Waals surface area contributed by atoms with Crippen molar-refractivity contribution < 1.29 is 0 Å². The molecule has 0 spiro atoms. The third-order valence-corrected chi connectivity index (χ3v) is 4.50. The summed E-state index contributed by atoms with van der Waals surface area (Å²) in [6.07, 6.45) is 0.821. The quantitative estimate of drug-likeness (QED) is 0.749. The Labute approximate surface area is 146 Å². The van der Waals surface area contributed by atoms with Crippen LogP contribution >= 0.6 is 11.6 Å². The van der Waals surface area contributed by atoms with E-state index < -0.39 is 5.54 Å². The summed E-state index contributed by atoms with van der Waals surface area (Å²) in [7, 11) is 0. The van der Waals surface area contributed by atoms with E-state index in [0.717, 1.165) is 29.2 Å². The highest BCUT2D eigenvalue weighted by Gasteiger charge is 2.31. The molecule has 0 saturated carbocycles. The van der Waals surface area contributed by atoms with E-state index >= 15 is 0 Å². The Kier molecular flexibility index (Phi) is 4.53. The number of aryl methyl sites for hydroxylation is 1. The molecule has 1 aromatic heterocycles. The van der Waals surface area contributed by atoms with Gasteiger partial charge in [-0.15, -0.1) is 5.10 Å². The van der Waals surface area contributed by atoms with Crippen LogP contribution < -0.4 is 5.32 Å². The molecule has 24 heavy (non-hydrogen) atoms. The molecule has 0 aliphatic carbocycles. The minimum absolute atomic E-state index is 0.417. The van der Waals surface area contributed by atoms with Gasteiger partial charge in [0.2, 0.25) is 0 Å². The van der Waals surface area contributed by atoms with Crippen molar-refractivity contribution in [1.29, 1.82) is 0 Å². The van der Waals surface area contributed by atoms with Crippen LogP contribution in [-0.4, -0.2) is 20.2 Å². The number of hydrogen-bond donors (Lipinski definition) is 1. The Hall–Kier alpha value is -2.40. The maximum absolute atomic E-state index is 6.17. The number of benzene rings is 2. The predicted molar refractivity (Wildman–Crippen MR) is 96.6 cm³/mol. The van der Waals surface area contributed by atoms with Crippen LogP contribution in [0.4, 0.5) is 5.69 Å². The molecule has 124 valence electrons. The molecule has 0 aliphatic rings. The Morgan fingerprint density at radius 2 is 1.92 bits per heavy atom. The summed E-state index contributed by atoms with van der Waals surface area (Å²) in [5, 5.41) is 16.6. The number of nitrogens with one attached hydrogen (secondary N) is 1. The lowest BCUT2D eigenvalue weighted by atomic mass is 9.96. The molecule has 0 saturated heterocycles. The summed E-state index contributed by atoms with van der Waals surface area (Å²) in [5.41, 5.74) is 2.56. The second kappa shape index (κ2) is 6.61. The summed E-state index contributed by atoms with van der Waals surface area (Å²) < 4.78 is 1.76. The van der Waals surface area contributed by atoms with Crippen molar-refractivity contribution >= 4 is 17.3 Å². The maximum Gasteiger partial charge on any atom is 0.181 e. The second-order valence-electron chi connectivity index (χ2n) is 6.02. The fourth-order valence-electron chi connectivity index (χ4n) is 2.65. The van der Waals surface area contributed by atoms with E-state index in [4.69, 9.17) is 11.6 Å². The fourth-order valence-corrected chi connectivity index (χ4v) is 2.81. The normalized spacial score (nSPS) is 13.5. The van der Waals surface area contributed by atoms with E-state index in [9.17, 15) is 0 Å². The molecule has 3 rings (SSSR count). The summed E-state index contributed by atoms with van der Waals surface area (Å²) in [6, 6.07) is 15.8. The van der Waals surface area contributed by atoms with E-state index in [2.05, 4.69) is 34.7 Å². The van der Waals surface area contributed by atoms with Crippen LogP contribution in [-0.2, 0) is 5.54 Å². The van der Waals surface area contributed by atoms with Gasteiger partial charge in [0.15, 0.2) is 5.82 Å². The lowest BCUT2D eigenvalue weighted by Crippen LogP contribution is -2.34. The highest BCUT2D eigenvalue weighted by Crippen LogP contribution is 2.30. The topological polar surface area (TPSA) is 55.6 Å². The monoisotopic (exact) mass is 341 g/mol. The molecule has 0 bridgehead atoms. The molecule has 1 heterocycles. The van der Waals surface area contributed by atoms with Gasteiger partial charge in [-0.25, -0.2) is 0 Å². The third kappa shape index (κ3) is 3.12. The number of tetrazole rings is 1. The zero-order valence-corrected chi connectivity index (χ0v) is 14.7. The number of para-hydroxylation sites is 1. The minimum atomic E-state index is -0.417.